The van der Waals surface area contributed by atoms with Crippen LogP contribution in [0.2, 0.25) is 0 Å². The quantitative estimate of drug-likeness (QED) is 0.621. The van der Waals surface area contributed by atoms with Crippen LogP contribution in [0.25, 0.3) is 0 Å². The molecule has 1 aromatic heterocycles. The number of aromatic nitrogens is 1. The topological polar surface area (TPSA) is 60.5 Å². The van der Waals surface area contributed by atoms with Gasteiger partial charge in [0.1, 0.15) is 18.1 Å². The molecule has 0 saturated heterocycles. The molecule has 0 saturated carbocycles. The summed E-state index contributed by atoms with van der Waals surface area (Å²) in [5, 5.41) is 6.03. The van der Waals surface area contributed by atoms with Gasteiger partial charge in [-0.15, -0.1) is 11.3 Å². The van der Waals surface area contributed by atoms with Crippen LogP contribution in [-0.4, -0.2) is 18.0 Å². The van der Waals surface area contributed by atoms with E-state index in [-0.39, 0.29) is 11.9 Å². The van der Waals surface area contributed by atoms with Crippen molar-refractivity contribution in [2.45, 2.75) is 33.4 Å². The highest BCUT2D eigenvalue weighted by Gasteiger charge is 2.15. The minimum absolute atomic E-state index is 0.141. The van der Waals surface area contributed by atoms with Gasteiger partial charge in [0.25, 0.3) is 5.91 Å². The Hall–Kier alpha value is -2.86. The minimum Gasteiger partial charge on any atom is -0.496 e. The molecule has 0 spiro atoms. The number of carbonyl (C=O) groups is 1. The number of thiazole rings is 1. The Balaban J connectivity index is 1.62. The number of methoxy groups -OCH3 is 1. The fourth-order valence-electron chi connectivity index (χ4n) is 2.88. The first kappa shape index (κ1) is 19.9. The van der Waals surface area contributed by atoms with Crippen molar-refractivity contribution in [1.82, 2.24) is 10.3 Å². The van der Waals surface area contributed by atoms with Crippen molar-refractivity contribution in [2.75, 3.05) is 7.11 Å². The maximum Gasteiger partial charge on any atom is 0.251 e. The van der Waals surface area contributed by atoms with Gasteiger partial charge in [-0.05, 0) is 51.1 Å². The van der Waals surface area contributed by atoms with Gasteiger partial charge in [0.15, 0.2) is 0 Å². The van der Waals surface area contributed by atoms with E-state index >= 15 is 0 Å². The summed E-state index contributed by atoms with van der Waals surface area (Å²) in [7, 11) is 1.63. The van der Waals surface area contributed by atoms with Crippen molar-refractivity contribution >= 4 is 17.2 Å². The lowest BCUT2D eigenvalue weighted by atomic mass is 10.0. The van der Waals surface area contributed by atoms with Crippen LogP contribution < -0.4 is 14.8 Å². The Bertz CT molecular complexity index is 951. The SMILES string of the molecule is COc1ccc(C)cc1[C@@H](C)NC(=O)c1ccc(OCc2csc(C)n2)cc1. The lowest BCUT2D eigenvalue weighted by molar-refractivity contribution is 0.0939. The van der Waals surface area contributed by atoms with Crippen molar-refractivity contribution in [3.8, 4) is 11.5 Å². The van der Waals surface area contributed by atoms with Crippen LogP contribution in [0.15, 0.2) is 47.8 Å². The van der Waals surface area contributed by atoms with Gasteiger partial charge in [-0.1, -0.05) is 17.7 Å². The number of ether oxygens (including phenoxy) is 2. The first-order valence-corrected chi connectivity index (χ1v) is 9.93. The van der Waals surface area contributed by atoms with Crippen molar-refractivity contribution in [2.24, 2.45) is 0 Å². The first-order chi connectivity index (χ1) is 13.5. The van der Waals surface area contributed by atoms with Gasteiger partial charge in [-0.2, -0.15) is 0 Å². The average Bonchev–Trinajstić information content (AvgIpc) is 3.12. The molecule has 28 heavy (non-hydrogen) atoms. The highest BCUT2D eigenvalue weighted by molar-refractivity contribution is 7.09. The van der Waals surface area contributed by atoms with E-state index in [1.165, 1.54) is 0 Å². The molecule has 146 valence electrons. The lowest BCUT2D eigenvalue weighted by Crippen LogP contribution is -2.27. The van der Waals surface area contributed by atoms with E-state index in [1.807, 2.05) is 44.4 Å². The predicted octanol–water partition coefficient (Wildman–Crippen LogP) is 4.84. The lowest BCUT2D eigenvalue weighted by Gasteiger charge is -2.18. The van der Waals surface area contributed by atoms with E-state index in [4.69, 9.17) is 9.47 Å². The zero-order valence-electron chi connectivity index (χ0n) is 16.5. The summed E-state index contributed by atoms with van der Waals surface area (Å²) in [4.78, 5) is 17.0. The zero-order chi connectivity index (χ0) is 20.1. The highest BCUT2D eigenvalue weighted by atomic mass is 32.1. The van der Waals surface area contributed by atoms with Crippen LogP contribution in [0, 0.1) is 13.8 Å². The standard InChI is InChI=1S/C22H24N2O3S/c1-14-5-10-21(26-4)20(11-14)15(2)23-22(25)17-6-8-19(9-7-17)27-12-18-13-28-16(3)24-18/h5-11,13,15H,12H2,1-4H3,(H,23,25)/t15-/m1/s1. The van der Waals surface area contributed by atoms with Gasteiger partial charge in [0.05, 0.1) is 23.9 Å². The zero-order valence-corrected chi connectivity index (χ0v) is 17.3. The normalized spacial score (nSPS) is 11.7. The van der Waals surface area contributed by atoms with Crippen LogP contribution in [0.5, 0.6) is 11.5 Å². The number of benzene rings is 2. The summed E-state index contributed by atoms with van der Waals surface area (Å²) in [5.41, 5.74) is 3.56. The molecule has 3 aromatic rings. The van der Waals surface area contributed by atoms with Crippen LogP contribution >= 0.6 is 11.3 Å². The van der Waals surface area contributed by atoms with Gasteiger partial charge < -0.3 is 14.8 Å². The monoisotopic (exact) mass is 396 g/mol. The molecule has 1 amide bonds. The number of aryl methyl sites for hydroxylation is 2. The fourth-order valence-corrected chi connectivity index (χ4v) is 3.48. The van der Waals surface area contributed by atoms with E-state index in [9.17, 15) is 4.79 Å². The molecule has 3 rings (SSSR count). The maximum atomic E-state index is 12.6. The van der Waals surface area contributed by atoms with Crippen LogP contribution in [0.1, 0.15) is 45.2 Å². The number of nitrogens with zero attached hydrogens (tertiary/aromatic N) is 1. The Morgan fingerprint density at radius 2 is 1.93 bits per heavy atom. The number of hydrogen-bond donors (Lipinski definition) is 1. The molecule has 1 heterocycles. The van der Waals surface area contributed by atoms with Crippen molar-refractivity contribution in [3.63, 3.8) is 0 Å². The molecule has 5 nitrogen and oxygen atoms in total. The number of amides is 1. The number of rotatable bonds is 7. The van der Waals surface area contributed by atoms with E-state index < -0.39 is 0 Å². The molecule has 0 unspecified atom stereocenters. The first-order valence-electron chi connectivity index (χ1n) is 9.05. The molecular weight excluding hydrogens is 372 g/mol. The molecule has 0 fully saturated rings. The number of hydrogen-bond acceptors (Lipinski definition) is 5. The molecule has 1 atom stereocenters. The fraction of sp³-hybridized carbons (Fsp3) is 0.273. The number of carbonyl (C=O) groups excluding carboxylic acids is 1. The minimum atomic E-state index is -0.175. The molecule has 6 heteroatoms. The summed E-state index contributed by atoms with van der Waals surface area (Å²) in [6, 6.07) is 12.9. The third kappa shape index (κ3) is 4.89. The van der Waals surface area contributed by atoms with Gasteiger partial charge in [-0.25, -0.2) is 4.98 Å². The second-order valence-corrected chi connectivity index (χ2v) is 7.67. The third-order valence-corrected chi connectivity index (χ3v) is 5.19. The second kappa shape index (κ2) is 8.89. The molecular formula is C22H24N2O3S. The molecule has 2 aromatic carbocycles. The van der Waals surface area contributed by atoms with Crippen LogP contribution in [0.4, 0.5) is 0 Å². The molecule has 1 N–H and O–H groups in total. The van der Waals surface area contributed by atoms with Gasteiger partial charge in [0, 0.05) is 16.5 Å². The van der Waals surface area contributed by atoms with E-state index in [2.05, 4.69) is 10.3 Å². The molecule has 0 bridgehead atoms. The van der Waals surface area contributed by atoms with Gasteiger partial charge in [0.2, 0.25) is 0 Å². The summed E-state index contributed by atoms with van der Waals surface area (Å²) >= 11 is 1.60. The van der Waals surface area contributed by atoms with E-state index in [1.54, 1.807) is 42.7 Å². The summed E-state index contributed by atoms with van der Waals surface area (Å²) in [6.07, 6.45) is 0. The maximum absolute atomic E-state index is 12.6. The van der Waals surface area contributed by atoms with Crippen LogP contribution in [0.3, 0.4) is 0 Å². The predicted molar refractivity (Wildman–Crippen MR) is 111 cm³/mol. The summed E-state index contributed by atoms with van der Waals surface area (Å²) in [5.74, 6) is 1.33. The average molecular weight is 397 g/mol. The number of nitrogens with one attached hydrogen (secondary N) is 1. The Morgan fingerprint density at radius 1 is 1.18 bits per heavy atom. The van der Waals surface area contributed by atoms with Crippen LogP contribution in [-0.2, 0) is 6.61 Å². The Labute approximate surface area is 169 Å². The highest BCUT2D eigenvalue weighted by Crippen LogP contribution is 2.26. The van der Waals surface area contributed by atoms with Gasteiger partial charge in [-0.3, -0.25) is 4.79 Å². The summed E-state index contributed by atoms with van der Waals surface area (Å²) < 4.78 is 11.1. The van der Waals surface area contributed by atoms with E-state index in [0.29, 0.717) is 17.9 Å². The third-order valence-electron chi connectivity index (χ3n) is 4.37. The summed E-state index contributed by atoms with van der Waals surface area (Å²) in [6.45, 7) is 6.35. The Morgan fingerprint density at radius 3 is 2.57 bits per heavy atom. The molecule has 0 radical (unpaired) electrons. The van der Waals surface area contributed by atoms with Gasteiger partial charge >= 0.3 is 0 Å². The Kier molecular flexibility index (Phi) is 6.31. The van der Waals surface area contributed by atoms with Crippen molar-refractivity contribution < 1.29 is 14.3 Å². The largest absolute Gasteiger partial charge is 0.496 e. The van der Waals surface area contributed by atoms with E-state index in [0.717, 1.165) is 27.6 Å². The molecule has 0 aliphatic rings. The smallest absolute Gasteiger partial charge is 0.251 e. The van der Waals surface area contributed by atoms with Crippen molar-refractivity contribution in [3.05, 3.63) is 75.2 Å². The van der Waals surface area contributed by atoms with Crippen molar-refractivity contribution in [1.29, 1.82) is 0 Å². The molecule has 0 aliphatic carbocycles. The molecule has 0 aliphatic heterocycles. The second-order valence-electron chi connectivity index (χ2n) is 6.61.